The second-order valence-electron chi connectivity index (χ2n) is 3.28. The Balaban J connectivity index is 2.59. The van der Waals surface area contributed by atoms with E-state index in [0.29, 0.717) is 19.0 Å². The standard InChI is InChI=1S/C10H17N5/c1-4-5-12-10(11)13-6-9-7(2)14-15-8(9)3/h4H,1,5-6H2,2-3H3,(H,14,15)(H3,11,12,13). The Labute approximate surface area is 89.5 Å². The van der Waals surface area contributed by atoms with Gasteiger partial charge in [0.2, 0.25) is 0 Å². The Bertz CT molecular complexity index is 344. The molecule has 0 saturated carbocycles. The lowest BCUT2D eigenvalue weighted by molar-refractivity contribution is 0.959. The van der Waals surface area contributed by atoms with Crippen molar-refractivity contribution in [2.75, 3.05) is 6.54 Å². The summed E-state index contributed by atoms with van der Waals surface area (Å²) in [6, 6.07) is 0. The molecule has 0 fully saturated rings. The number of hydrogen-bond acceptors (Lipinski definition) is 2. The van der Waals surface area contributed by atoms with Crippen LogP contribution in [0.2, 0.25) is 0 Å². The van der Waals surface area contributed by atoms with Gasteiger partial charge in [-0.2, -0.15) is 5.10 Å². The van der Waals surface area contributed by atoms with Crippen LogP contribution in [0.4, 0.5) is 0 Å². The third kappa shape index (κ3) is 3.12. The summed E-state index contributed by atoms with van der Waals surface area (Å²) < 4.78 is 0. The highest BCUT2D eigenvalue weighted by molar-refractivity contribution is 5.77. The first-order valence-corrected chi connectivity index (χ1v) is 4.80. The Morgan fingerprint density at radius 2 is 2.40 bits per heavy atom. The molecule has 0 bridgehead atoms. The molecule has 15 heavy (non-hydrogen) atoms. The smallest absolute Gasteiger partial charge is 0.189 e. The van der Waals surface area contributed by atoms with Gasteiger partial charge in [-0.1, -0.05) is 6.08 Å². The second kappa shape index (κ2) is 5.19. The van der Waals surface area contributed by atoms with Crippen LogP contribution in [-0.4, -0.2) is 22.7 Å². The number of aliphatic imine (C=N–C) groups is 1. The van der Waals surface area contributed by atoms with Gasteiger partial charge in [-0.3, -0.25) is 5.10 Å². The molecule has 1 aromatic heterocycles. The molecule has 0 aliphatic heterocycles. The zero-order valence-electron chi connectivity index (χ0n) is 9.17. The molecule has 5 heteroatoms. The lowest BCUT2D eigenvalue weighted by Gasteiger charge is -2.02. The fourth-order valence-corrected chi connectivity index (χ4v) is 1.20. The maximum Gasteiger partial charge on any atom is 0.189 e. The van der Waals surface area contributed by atoms with Crippen molar-refractivity contribution in [2.24, 2.45) is 10.7 Å². The molecule has 1 rings (SSSR count). The highest BCUT2D eigenvalue weighted by Crippen LogP contribution is 2.09. The number of nitrogens with zero attached hydrogens (tertiary/aromatic N) is 2. The summed E-state index contributed by atoms with van der Waals surface area (Å²) >= 11 is 0. The summed E-state index contributed by atoms with van der Waals surface area (Å²) in [4.78, 5) is 4.20. The van der Waals surface area contributed by atoms with Gasteiger partial charge in [-0.15, -0.1) is 6.58 Å². The van der Waals surface area contributed by atoms with Crippen molar-refractivity contribution in [1.29, 1.82) is 0 Å². The number of H-pyrrole nitrogens is 1. The summed E-state index contributed by atoms with van der Waals surface area (Å²) in [7, 11) is 0. The van der Waals surface area contributed by atoms with Crippen LogP contribution in [0.5, 0.6) is 0 Å². The number of guanidine groups is 1. The summed E-state index contributed by atoms with van der Waals surface area (Å²) in [5.41, 5.74) is 8.73. The first-order valence-electron chi connectivity index (χ1n) is 4.80. The first-order chi connectivity index (χ1) is 7.15. The van der Waals surface area contributed by atoms with E-state index in [4.69, 9.17) is 5.73 Å². The molecule has 5 nitrogen and oxygen atoms in total. The largest absolute Gasteiger partial charge is 0.370 e. The predicted molar refractivity (Wildman–Crippen MR) is 61.6 cm³/mol. The van der Waals surface area contributed by atoms with Crippen LogP contribution in [0.3, 0.4) is 0 Å². The van der Waals surface area contributed by atoms with Gasteiger partial charge < -0.3 is 11.1 Å². The summed E-state index contributed by atoms with van der Waals surface area (Å²) in [5, 5.41) is 9.90. The van der Waals surface area contributed by atoms with Gasteiger partial charge in [0.25, 0.3) is 0 Å². The van der Waals surface area contributed by atoms with Crippen LogP contribution >= 0.6 is 0 Å². The first kappa shape index (κ1) is 11.3. The molecule has 0 saturated heterocycles. The van der Waals surface area contributed by atoms with Crippen molar-refractivity contribution in [3.05, 3.63) is 29.6 Å². The summed E-state index contributed by atoms with van der Waals surface area (Å²) in [6.45, 7) is 8.67. The average molecular weight is 207 g/mol. The van der Waals surface area contributed by atoms with Gasteiger partial charge in [0.1, 0.15) is 0 Å². The van der Waals surface area contributed by atoms with Crippen LogP contribution in [0.1, 0.15) is 17.0 Å². The van der Waals surface area contributed by atoms with E-state index in [1.807, 2.05) is 13.8 Å². The molecule has 0 atom stereocenters. The van der Waals surface area contributed by atoms with Crippen LogP contribution in [0.25, 0.3) is 0 Å². The molecule has 1 aromatic rings. The van der Waals surface area contributed by atoms with E-state index in [-0.39, 0.29) is 0 Å². The van der Waals surface area contributed by atoms with Gasteiger partial charge in [-0.25, -0.2) is 4.99 Å². The number of aromatic amines is 1. The Hall–Kier alpha value is -1.78. The monoisotopic (exact) mass is 207 g/mol. The van der Waals surface area contributed by atoms with E-state index in [2.05, 4.69) is 27.1 Å². The van der Waals surface area contributed by atoms with Crippen LogP contribution in [-0.2, 0) is 6.54 Å². The van der Waals surface area contributed by atoms with E-state index in [1.165, 1.54) is 0 Å². The lowest BCUT2D eigenvalue weighted by Crippen LogP contribution is -2.31. The molecule has 0 amide bonds. The number of aryl methyl sites for hydroxylation is 2. The van der Waals surface area contributed by atoms with E-state index >= 15 is 0 Å². The quantitative estimate of drug-likeness (QED) is 0.384. The fraction of sp³-hybridized carbons (Fsp3) is 0.400. The number of nitrogens with one attached hydrogen (secondary N) is 2. The highest BCUT2D eigenvalue weighted by Gasteiger charge is 2.04. The number of aromatic nitrogens is 2. The highest BCUT2D eigenvalue weighted by atomic mass is 15.1. The maximum absolute atomic E-state index is 5.64. The van der Waals surface area contributed by atoms with Crippen LogP contribution < -0.4 is 11.1 Å². The molecule has 82 valence electrons. The van der Waals surface area contributed by atoms with Gasteiger partial charge >= 0.3 is 0 Å². The SMILES string of the molecule is C=CCNC(N)=NCc1c(C)n[nH]c1C. The van der Waals surface area contributed by atoms with Crippen LogP contribution in [0.15, 0.2) is 17.6 Å². The molecule has 0 aromatic carbocycles. The van der Waals surface area contributed by atoms with Gasteiger partial charge in [-0.05, 0) is 13.8 Å². The minimum atomic E-state index is 0.426. The minimum absolute atomic E-state index is 0.426. The van der Waals surface area contributed by atoms with Crippen LogP contribution in [0, 0.1) is 13.8 Å². The van der Waals surface area contributed by atoms with Gasteiger partial charge in [0, 0.05) is 17.8 Å². The van der Waals surface area contributed by atoms with Crippen molar-refractivity contribution in [3.63, 3.8) is 0 Å². The Morgan fingerprint density at radius 3 is 2.93 bits per heavy atom. The molecular formula is C10H17N5. The normalized spacial score (nSPS) is 11.5. The lowest BCUT2D eigenvalue weighted by atomic mass is 10.2. The fourth-order valence-electron chi connectivity index (χ4n) is 1.20. The molecule has 0 aliphatic carbocycles. The van der Waals surface area contributed by atoms with Gasteiger partial charge in [0.15, 0.2) is 5.96 Å². The minimum Gasteiger partial charge on any atom is -0.370 e. The van der Waals surface area contributed by atoms with Crippen molar-refractivity contribution < 1.29 is 0 Å². The second-order valence-corrected chi connectivity index (χ2v) is 3.28. The molecule has 1 heterocycles. The maximum atomic E-state index is 5.64. The Kier molecular flexibility index (Phi) is 3.91. The van der Waals surface area contributed by atoms with Crippen molar-refractivity contribution in [2.45, 2.75) is 20.4 Å². The number of hydrogen-bond donors (Lipinski definition) is 3. The van der Waals surface area contributed by atoms with Crippen molar-refractivity contribution in [1.82, 2.24) is 15.5 Å². The summed E-state index contributed by atoms with van der Waals surface area (Å²) in [5.74, 6) is 0.426. The van der Waals surface area contributed by atoms with E-state index < -0.39 is 0 Å². The van der Waals surface area contributed by atoms with E-state index in [0.717, 1.165) is 17.0 Å². The molecular weight excluding hydrogens is 190 g/mol. The zero-order valence-corrected chi connectivity index (χ0v) is 9.17. The molecule has 4 N–H and O–H groups in total. The number of nitrogens with two attached hydrogens (primary N) is 1. The topological polar surface area (TPSA) is 79.1 Å². The number of rotatable bonds is 4. The van der Waals surface area contributed by atoms with Gasteiger partial charge in [0.05, 0.1) is 12.2 Å². The van der Waals surface area contributed by atoms with Crippen molar-refractivity contribution in [3.8, 4) is 0 Å². The molecule has 0 unspecified atom stereocenters. The summed E-state index contributed by atoms with van der Waals surface area (Å²) in [6.07, 6.45) is 1.73. The third-order valence-corrected chi connectivity index (χ3v) is 2.12. The molecule has 0 radical (unpaired) electrons. The van der Waals surface area contributed by atoms with Crippen molar-refractivity contribution >= 4 is 5.96 Å². The molecule has 0 spiro atoms. The third-order valence-electron chi connectivity index (χ3n) is 2.12. The predicted octanol–water partition coefficient (Wildman–Crippen LogP) is 0.617. The average Bonchev–Trinajstić information content (AvgIpc) is 2.53. The zero-order chi connectivity index (χ0) is 11.3. The molecule has 0 aliphatic rings. The van der Waals surface area contributed by atoms with E-state index in [1.54, 1.807) is 6.08 Å². The van der Waals surface area contributed by atoms with E-state index in [9.17, 15) is 0 Å². The Morgan fingerprint density at radius 1 is 1.67 bits per heavy atom.